The van der Waals surface area contributed by atoms with E-state index in [4.69, 9.17) is 9.97 Å². The number of hydrogen-bond donors (Lipinski definition) is 0. The van der Waals surface area contributed by atoms with Crippen molar-refractivity contribution < 1.29 is 0 Å². The molecule has 7 nitrogen and oxygen atoms in total. The minimum Gasteiger partial charge on any atom is -0.352 e. The molecule has 1 fully saturated rings. The lowest BCUT2D eigenvalue weighted by atomic mass is 10.2. The van der Waals surface area contributed by atoms with E-state index in [1.807, 2.05) is 0 Å². The Morgan fingerprint density at radius 1 is 1.17 bits per heavy atom. The molecule has 1 saturated heterocycles. The van der Waals surface area contributed by atoms with Crippen molar-refractivity contribution >= 4 is 11.8 Å². The highest BCUT2D eigenvalue weighted by molar-refractivity contribution is 5.52. The average Bonchev–Trinajstić information content (AvgIpc) is 3.22. The molecule has 24 heavy (non-hydrogen) atoms. The van der Waals surface area contributed by atoms with E-state index in [9.17, 15) is 0 Å². The molecule has 0 atom stereocenters. The molecule has 0 spiro atoms. The Bertz CT molecular complexity index is 688. The van der Waals surface area contributed by atoms with Gasteiger partial charge in [-0.15, -0.1) is 10.2 Å². The molecule has 0 radical (unpaired) electrons. The maximum Gasteiger partial charge on any atom is 0.227 e. The highest BCUT2D eigenvalue weighted by Crippen LogP contribution is 2.25. The highest BCUT2D eigenvalue weighted by atomic mass is 15.3. The van der Waals surface area contributed by atoms with Crippen molar-refractivity contribution in [3.63, 3.8) is 0 Å². The van der Waals surface area contributed by atoms with E-state index >= 15 is 0 Å². The summed E-state index contributed by atoms with van der Waals surface area (Å²) in [5.41, 5.74) is 2.17. The second-order valence-corrected chi connectivity index (χ2v) is 6.55. The van der Waals surface area contributed by atoms with Gasteiger partial charge in [0.25, 0.3) is 0 Å². The first-order chi connectivity index (χ1) is 11.6. The van der Waals surface area contributed by atoms with Crippen LogP contribution < -0.4 is 9.80 Å². The van der Waals surface area contributed by atoms with Crippen LogP contribution in [0.4, 0.5) is 11.8 Å². The quantitative estimate of drug-likeness (QED) is 0.810. The molecule has 1 aliphatic heterocycles. The summed E-state index contributed by atoms with van der Waals surface area (Å²) in [7, 11) is 2.06. The first-order valence-corrected chi connectivity index (χ1v) is 8.78. The maximum atomic E-state index is 4.85. The first-order valence-electron chi connectivity index (χ1n) is 8.78. The summed E-state index contributed by atoms with van der Waals surface area (Å²) in [6, 6.07) is 0. The van der Waals surface area contributed by atoms with Gasteiger partial charge in [0, 0.05) is 37.9 Å². The van der Waals surface area contributed by atoms with Gasteiger partial charge in [0.15, 0.2) is 5.82 Å². The monoisotopic (exact) mass is 329 g/mol. The Labute approximate surface area is 143 Å². The third-order valence-electron chi connectivity index (χ3n) is 4.64. The van der Waals surface area contributed by atoms with E-state index in [2.05, 4.69) is 52.4 Å². The van der Waals surface area contributed by atoms with E-state index in [1.54, 1.807) is 6.33 Å². The van der Waals surface area contributed by atoms with Gasteiger partial charge in [-0.2, -0.15) is 4.98 Å². The van der Waals surface area contributed by atoms with Crippen molar-refractivity contribution in [2.45, 2.75) is 53.1 Å². The highest BCUT2D eigenvalue weighted by Gasteiger charge is 2.20. The molecule has 0 bridgehead atoms. The topological polar surface area (TPSA) is 63.0 Å². The van der Waals surface area contributed by atoms with Crippen LogP contribution in [0.15, 0.2) is 6.33 Å². The molecule has 0 N–H and O–H groups in total. The van der Waals surface area contributed by atoms with Crippen LogP contribution in [-0.2, 0) is 13.1 Å². The molecule has 130 valence electrons. The lowest BCUT2D eigenvalue weighted by Gasteiger charge is -2.24. The zero-order chi connectivity index (χ0) is 17.1. The fourth-order valence-electron chi connectivity index (χ4n) is 3.15. The fourth-order valence-corrected chi connectivity index (χ4v) is 3.15. The van der Waals surface area contributed by atoms with Gasteiger partial charge >= 0.3 is 0 Å². The molecule has 0 amide bonds. The SMILES string of the molecule is CCCn1cnnc1CN(C)c1nc(N2CCCC2)nc(C)c1C. The van der Waals surface area contributed by atoms with Crippen LogP contribution in [0.5, 0.6) is 0 Å². The predicted octanol–water partition coefficient (Wildman–Crippen LogP) is 2.33. The Hall–Kier alpha value is -2.18. The van der Waals surface area contributed by atoms with Gasteiger partial charge in [-0.1, -0.05) is 6.92 Å². The van der Waals surface area contributed by atoms with Crippen LogP contribution in [0.2, 0.25) is 0 Å². The van der Waals surface area contributed by atoms with E-state index in [-0.39, 0.29) is 0 Å². The molecule has 2 aromatic rings. The van der Waals surface area contributed by atoms with Crippen LogP contribution in [0, 0.1) is 13.8 Å². The number of rotatable bonds is 6. The molecule has 0 aliphatic carbocycles. The summed E-state index contributed by atoms with van der Waals surface area (Å²) in [5, 5.41) is 8.32. The molecule has 0 saturated carbocycles. The van der Waals surface area contributed by atoms with Crippen LogP contribution >= 0.6 is 0 Å². The molecular weight excluding hydrogens is 302 g/mol. The van der Waals surface area contributed by atoms with Gasteiger partial charge in [-0.3, -0.25) is 0 Å². The second kappa shape index (κ2) is 7.15. The predicted molar refractivity (Wildman–Crippen MR) is 95.4 cm³/mol. The smallest absolute Gasteiger partial charge is 0.227 e. The summed E-state index contributed by atoms with van der Waals surface area (Å²) in [6.45, 7) is 10.0. The van der Waals surface area contributed by atoms with E-state index in [0.29, 0.717) is 6.54 Å². The normalized spacial score (nSPS) is 14.4. The third-order valence-corrected chi connectivity index (χ3v) is 4.64. The summed E-state index contributed by atoms with van der Waals surface area (Å²) in [6.07, 6.45) is 5.32. The molecule has 3 rings (SSSR count). The Balaban J connectivity index is 1.85. The number of nitrogens with zero attached hydrogens (tertiary/aromatic N) is 7. The summed E-state index contributed by atoms with van der Waals surface area (Å²) in [5.74, 6) is 2.81. The number of aryl methyl sites for hydroxylation is 2. The summed E-state index contributed by atoms with van der Waals surface area (Å²) >= 11 is 0. The lowest BCUT2D eigenvalue weighted by molar-refractivity contribution is 0.630. The average molecular weight is 329 g/mol. The van der Waals surface area contributed by atoms with Crippen LogP contribution in [0.1, 0.15) is 43.3 Å². The Morgan fingerprint density at radius 3 is 2.62 bits per heavy atom. The maximum absolute atomic E-state index is 4.85. The van der Waals surface area contributed by atoms with Crippen molar-refractivity contribution in [2.75, 3.05) is 29.9 Å². The molecule has 1 aliphatic rings. The summed E-state index contributed by atoms with van der Waals surface area (Å²) in [4.78, 5) is 14.0. The number of anilines is 2. The van der Waals surface area contributed by atoms with Crippen molar-refractivity contribution in [2.24, 2.45) is 0 Å². The molecule has 3 heterocycles. The van der Waals surface area contributed by atoms with Crippen LogP contribution in [0.3, 0.4) is 0 Å². The van der Waals surface area contributed by atoms with E-state index in [0.717, 1.165) is 54.9 Å². The minimum absolute atomic E-state index is 0.691. The minimum atomic E-state index is 0.691. The molecule has 7 heteroatoms. The van der Waals surface area contributed by atoms with Gasteiger partial charge in [0.1, 0.15) is 12.1 Å². The van der Waals surface area contributed by atoms with Crippen LogP contribution in [0.25, 0.3) is 0 Å². The molecule has 0 unspecified atom stereocenters. The van der Waals surface area contributed by atoms with E-state index < -0.39 is 0 Å². The molecule has 0 aromatic carbocycles. The zero-order valence-electron chi connectivity index (χ0n) is 15.2. The molecular formula is C17H27N7. The van der Waals surface area contributed by atoms with Gasteiger partial charge in [0.05, 0.1) is 6.54 Å². The third kappa shape index (κ3) is 3.34. The number of hydrogen-bond acceptors (Lipinski definition) is 6. The Kier molecular flexibility index (Phi) is 4.97. The molecule has 2 aromatic heterocycles. The van der Waals surface area contributed by atoms with Gasteiger partial charge in [0.2, 0.25) is 5.95 Å². The Morgan fingerprint density at radius 2 is 1.92 bits per heavy atom. The number of aromatic nitrogens is 5. The van der Waals surface area contributed by atoms with Crippen molar-refractivity contribution in [1.82, 2.24) is 24.7 Å². The second-order valence-electron chi connectivity index (χ2n) is 6.55. The van der Waals surface area contributed by atoms with Crippen LogP contribution in [-0.4, -0.2) is 44.9 Å². The van der Waals surface area contributed by atoms with Crippen molar-refractivity contribution in [3.05, 3.63) is 23.4 Å². The largest absolute Gasteiger partial charge is 0.352 e. The first kappa shape index (κ1) is 16.7. The van der Waals surface area contributed by atoms with Gasteiger partial charge in [-0.05, 0) is 33.1 Å². The van der Waals surface area contributed by atoms with Gasteiger partial charge < -0.3 is 14.4 Å². The van der Waals surface area contributed by atoms with Crippen molar-refractivity contribution in [1.29, 1.82) is 0 Å². The van der Waals surface area contributed by atoms with Gasteiger partial charge in [-0.25, -0.2) is 4.98 Å². The van der Waals surface area contributed by atoms with E-state index in [1.165, 1.54) is 12.8 Å². The summed E-state index contributed by atoms with van der Waals surface area (Å²) < 4.78 is 2.11. The zero-order valence-corrected chi connectivity index (χ0v) is 15.2. The lowest BCUT2D eigenvalue weighted by Crippen LogP contribution is -2.26. The standard InChI is InChI=1S/C17H27N7/c1-5-8-24-12-18-21-15(24)11-22(4)16-13(2)14(3)19-17(20-16)23-9-6-7-10-23/h12H,5-11H2,1-4H3. The fraction of sp³-hybridized carbons (Fsp3) is 0.647. The van der Waals surface area contributed by atoms with Crippen molar-refractivity contribution in [3.8, 4) is 0 Å².